The normalized spacial score (nSPS) is 18.0. The van der Waals surface area contributed by atoms with Gasteiger partial charge < -0.3 is 9.47 Å². The van der Waals surface area contributed by atoms with E-state index in [4.69, 9.17) is 9.47 Å². The van der Waals surface area contributed by atoms with E-state index in [0.29, 0.717) is 13.2 Å². The molecule has 1 aliphatic rings. The lowest BCUT2D eigenvalue weighted by Crippen LogP contribution is -2.00. The van der Waals surface area contributed by atoms with Gasteiger partial charge in [-0.05, 0) is 18.6 Å². The van der Waals surface area contributed by atoms with Gasteiger partial charge in [0, 0.05) is 10.0 Å². The molecule has 0 atom stereocenters. The highest BCUT2D eigenvalue weighted by molar-refractivity contribution is 9.10. The summed E-state index contributed by atoms with van der Waals surface area (Å²) in [7, 11) is 0. The lowest BCUT2D eigenvalue weighted by Gasteiger charge is -2.12. The van der Waals surface area contributed by atoms with E-state index in [1.165, 1.54) is 5.56 Å². The van der Waals surface area contributed by atoms with Crippen molar-refractivity contribution in [1.29, 1.82) is 0 Å². The van der Waals surface area contributed by atoms with Gasteiger partial charge in [-0.3, -0.25) is 0 Å². The van der Waals surface area contributed by atoms with Crippen LogP contribution in [0.15, 0.2) is 22.7 Å². The second-order valence-corrected chi connectivity index (χ2v) is 3.88. The Morgan fingerprint density at radius 2 is 2.00 bits per heavy atom. The Balaban J connectivity index is 2.33. The highest BCUT2D eigenvalue weighted by Crippen LogP contribution is 2.29. The summed E-state index contributed by atoms with van der Waals surface area (Å²) < 4.78 is 12.0. The van der Waals surface area contributed by atoms with Crippen LogP contribution in [0.5, 0.6) is 0 Å². The molecule has 0 aromatic heterocycles. The molecule has 1 aromatic carbocycles. The number of ether oxygens (including phenoxy) is 2. The fourth-order valence-electron chi connectivity index (χ4n) is 1.42. The second kappa shape index (κ2) is 3.78. The molecular weight excluding hydrogens is 232 g/mol. The molecule has 0 saturated carbocycles. The van der Waals surface area contributed by atoms with Gasteiger partial charge >= 0.3 is 0 Å². The highest BCUT2D eigenvalue weighted by atomic mass is 79.9. The molecule has 0 unspecified atom stereocenters. The van der Waals surface area contributed by atoms with E-state index in [-0.39, 0.29) is 6.29 Å². The van der Waals surface area contributed by atoms with Crippen LogP contribution >= 0.6 is 15.9 Å². The molecule has 0 radical (unpaired) electrons. The van der Waals surface area contributed by atoms with Crippen molar-refractivity contribution in [3.05, 3.63) is 33.8 Å². The van der Waals surface area contributed by atoms with Crippen LogP contribution in [0.2, 0.25) is 0 Å². The van der Waals surface area contributed by atoms with Crippen LogP contribution in [-0.2, 0) is 9.47 Å². The lowest BCUT2D eigenvalue weighted by atomic mass is 10.1. The van der Waals surface area contributed by atoms with E-state index in [2.05, 4.69) is 22.9 Å². The molecule has 0 bridgehead atoms. The molecule has 3 heteroatoms. The zero-order chi connectivity index (χ0) is 9.26. The van der Waals surface area contributed by atoms with Crippen LogP contribution < -0.4 is 0 Å². The van der Waals surface area contributed by atoms with Crippen molar-refractivity contribution >= 4 is 15.9 Å². The minimum Gasteiger partial charge on any atom is -0.346 e. The predicted octanol–water partition coefficient (Wildman–Crippen LogP) is 2.80. The summed E-state index contributed by atoms with van der Waals surface area (Å²) in [5.41, 5.74) is 2.31. The Hall–Kier alpha value is -0.380. The monoisotopic (exact) mass is 242 g/mol. The third-order valence-electron chi connectivity index (χ3n) is 2.19. The molecule has 13 heavy (non-hydrogen) atoms. The van der Waals surface area contributed by atoms with Gasteiger partial charge in [-0.25, -0.2) is 0 Å². The molecule has 0 spiro atoms. The predicted molar refractivity (Wildman–Crippen MR) is 53.5 cm³/mol. The largest absolute Gasteiger partial charge is 0.346 e. The van der Waals surface area contributed by atoms with Gasteiger partial charge in [0.25, 0.3) is 0 Å². The van der Waals surface area contributed by atoms with Crippen molar-refractivity contribution in [3.8, 4) is 0 Å². The Labute approximate surface area is 86.0 Å². The lowest BCUT2D eigenvalue weighted by molar-refractivity contribution is -0.0445. The zero-order valence-electron chi connectivity index (χ0n) is 7.42. The first kappa shape index (κ1) is 9.19. The maximum atomic E-state index is 5.43. The minimum atomic E-state index is -0.169. The topological polar surface area (TPSA) is 18.5 Å². The summed E-state index contributed by atoms with van der Waals surface area (Å²) in [5, 5.41) is 0. The Kier molecular flexibility index (Phi) is 2.67. The quantitative estimate of drug-likeness (QED) is 0.755. The highest BCUT2D eigenvalue weighted by Gasteiger charge is 2.20. The summed E-state index contributed by atoms with van der Waals surface area (Å²) in [5.74, 6) is 0. The Morgan fingerprint density at radius 1 is 1.31 bits per heavy atom. The summed E-state index contributed by atoms with van der Waals surface area (Å²) in [4.78, 5) is 0. The molecule has 0 N–H and O–H groups in total. The van der Waals surface area contributed by atoms with E-state index in [1.54, 1.807) is 0 Å². The smallest absolute Gasteiger partial charge is 0.184 e. The van der Waals surface area contributed by atoms with E-state index in [1.807, 2.05) is 18.2 Å². The fourth-order valence-corrected chi connectivity index (χ4v) is 1.80. The first-order chi connectivity index (χ1) is 6.29. The van der Waals surface area contributed by atoms with Gasteiger partial charge in [0.2, 0.25) is 0 Å². The molecule has 2 rings (SSSR count). The Bertz CT molecular complexity index is 306. The summed E-state index contributed by atoms with van der Waals surface area (Å²) >= 11 is 3.48. The van der Waals surface area contributed by atoms with Crippen molar-refractivity contribution in [2.24, 2.45) is 0 Å². The molecule has 0 aliphatic carbocycles. The summed E-state index contributed by atoms with van der Waals surface area (Å²) in [6, 6.07) is 6.06. The number of hydrogen-bond donors (Lipinski definition) is 0. The fraction of sp³-hybridized carbons (Fsp3) is 0.400. The van der Waals surface area contributed by atoms with E-state index >= 15 is 0 Å². The molecule has 70 valence electrons. The van der Waals surface area contributed by atoms with Crippen LogP contribution in [-0.4, -0.2) is 13.2 Å². The van der Waals surface area contributed by atoms with Gasteiger partial charge in [-0.2, -0.15) is 0 Å². The van der Waals surface area contributed by atoms with Gasteiger partial charge in [-0.1, -0.05) is 28.1 Å². The standard InChI is InChI=1S/C10H11BrO2/c1-7-8(3-2-4-9(7)11)10-12-5-6-13-10/h2-4,10H,5-6H2,1H3. The molecule has 1 aromatic rings. The molecule has 1 fully saturated rings. The molecular formula is C10H11BrO2. The minimum absolute atomic E-state index is 0.169. The van der Waals surface area contributed by atoms with Gasteiger partial charge in [0.05, 0.1) is 13.2 Å². The summed E-state index contributed by atoms with van der Waals surface area (Å²) in [6.45, 7) is 3.44. The maximum Gasteiger partial charge on any atom is 0.184 e. The van der Waals surface area contributed by atoms with Crippen molar-refractivity contribution in [2.75, 3.05) is 13.2 Å². The Morgan fingerprint density at radius 3 is 2.69 bits per heavy atom. The van der Waals surface area contributed by atoms with Gasteiger partial charge in [0.1, 0.15) is 0 Å². The molecule has 0 amide bonds. The molecule has 1 aliphatic heterocycles. The average molecular weight is 243 g/mol. The maximum absolute atomic E-state index is 5.43. The number of hydrogen-bond acceptors (Lipinski definition) is 2. The van der Waals surface area contributed by atoms with E-state index < -0.39 is 0 Å². The number of benzene rings is 1. The van der Waals surface area contributed by atoms with Crippen molar-refractivity contribution in [2.45, 2.75) is 13.2 Å². The van der Waals surface area contributed by atoms with Gasteiger partial charge in [0.15, 0.2) is 6.29 Å². The van der Waals surface area contributed by atoms with Crippen LogP contribution in [0.1, 0.15) is 17.4 Å². The second-order valence-electron chi connectivity index (χ2n) is 3.03. The number of halogens is 1. The van der Waals surface area contributed by atoms with Crippen LogP contribution in [0.3, 0.4) is 0 Å². The van der Waals surface area contributed by atoms with Crippen LogP contribution in [0.4, 0.5) is 0 Å². The van der Waals surface area contributed by atoms with Crippen LogP contribution in [0, 0.1) is 6.92 Å². The molecule has 1 saturated heterocycles. The van der Waals surface area contributed by atoms with Gasteiger partial charge in [-0.15, -0.1) is 0 Å². The number of rotatable bonds is 1. The third kappa shape index (κ3) is 1.77. The first-order valence-electron chi connectivity index (χ1n) is 4.27. The molecule has 1 heterocycles. The first-order valence-corrected chi connectivity index (χ1v) is 5.06. The van der Waals surface area contributed by atoms with Crippen molar-refractivity contribution < 1.29 is 9.47 Å². The van der Waals surface area contributed by atoms with Crippen molar-refractivity contribution in [3.63, 3.8) is 0 Å². The molecule has 2 nitrogen and oxygen atoms in total. The van der Waals surface area contributed by atoms with E-state index in [9.17, 15) is 0 Å². The average Bonchev–Trinajstić information content (AvgIpc) is 2.62. The zero-order valence-corrected chi connectivity index (χ0v) is 9.00. The SMILES string of the molecule is Cc1c(Br)cccc1C1OCCO1. The van der Waals surface area contributed by atoms with Crippen LogP contribution in [0.25, 0.3) is 0 Å². The summed E-state index contributed by atoms with van der Waals surface area (Å²) in [6.07, 6.45) is -0.169. The van der Waals surface area contributed by atoms with E-state index in [0.717, 1.165) is 10.0 Å². The van der Waals surface area contributed by atoms with Crippen molar-refractivity contribution in [1.82, 2.24) is 0 Å². The third-order valence-corrected chi connectivity index (χ3v) is 3.04.